The number of amides is 1. The van der Waals surface area contributed by atoms with E-state index in [2.05, 4.69) is 75.8 Å². The van der Waals surface area contributed by atoms with Crippen molar-refractivity contribution < 1.29 is 9.53 Å². The van der Waals surface area contributed by atoms with Crippen LogP contribution < -0.4 is 10.2 Å². The fourth-order valence-electron chi connectivity index (χ4n) is 3.75. The zero-order chi connectivity index (χ0) is 22.7. The number of hydrazone groups is 1. The second-order valence-corrected chi connectivity index (χ2v) is 8.82. The highest BCUT2D eigenvalue weighted by atomic mass is 127. The molecule has 6 heteroatoms. The van der Waals surface area contributed by atoms with E-state index in [1.807, 2.05) is 49.4 Å². The molecule has 1 aromatic heterocycles. The molecule has 0 saturated heterocycles. The van der Waals surface area contributed by atoms with Gasteiger partial charge in [-0.25, -0.2) is 5.43 Å². The fraction of sp³-hybridized carbons (Fsp3) is 0.154. The molecule has 0 spiro atoms. The number of ether oxygens (including phenoxy) is 1. The third-order valence-corrected chi connectivity index (χ3v) is 6.58. The second kappa shape index (κ2) is 9.56. The largest absolute Gasteiger partial charge is 0.483 e. The van der Waals surface area contributed by atoms with Gasteiger partial charge in [0.25, 0.3) is 5.91 Å². The molecule has 4 rings (SSSR count). The lowest BCUT2D eigenvalue weighted by molar-refractivity contribution is -0.123. The minimum Gasteiger partial charge on any atom is -0.483 e. The smallest absolute Gasteiger partial charge is 0.277 e. The maximum atomic E-state index is 12.2. The van der Waals surface area contributed by atoms with Gasteiger partial charge in [-0.15, -0.1) is 0 Å². The normalized spacial score (nSPS) is 11.2. The Morgan fingerprint density at radius 1 is 1.06 bits per heavy atom. The van der Waals surface area contributed by atoms with Crippen molar-refractivity contribution in [2.24, 2.45) is 5.10 Å². The van der Waals surface area contributed by atoms with Gasteiger partial charge < -0.3 is 9.30 Å². The van der Waals surface area contributed by atoms with Gasteiger partial charge in [0.2, 0.25) is 0 Å². The van der Waals surface area contributed by atoms with Crippen LogP contribution in [0.5, 0.6) is 5.75 Å². The molecule has 1 heterocycles. The third-order valence-electron chi connectivity index (χ3n) is 5.37. The van der Waals surface area contributed by atoms with Crippen LogP contribution in [0.4, 0.5) is 0 Å². The predicted molar refractivity (Wildman–Crippen MR) is 138 cm³/mol. The first-order valence-corrected chi connectivity index (χ1v) is 11.4. The first kappa shape index (κ1) is 22.1. The molecule has 5 nitrogen and oxygen atoms in total. The Morgan fingerprint density at radius 2 is 1.84 bits per heavy atom. The quantitative estimate of drug-likeness (QED) is 0.195. The molecule has 0 atom stereocenters. The highest BCUT2D eigenvalue weighted by molar-refractivity contribution is 14.1. The number of benzene rings is 3. The van der Waals surface area contributed by atoms with Gasteiger partial charge in [-0.1, -0.05) is 36.4 Å². The minimum atomic E-state index is -0.309. The third kappa shape index (κ3) is 4.70. The van der Waals surface area contributed by atoms with Gasteiger partial charge in [-0.3, -0.25) is 4.79 Å². The molecule has 0 bridgehead atoms. The molecular weight excluding hydrogens is 513 g/mol. The zero-order valence-electron chi connectivity index (χ0n) is 18.2. The Labute approximate surface area is 201 Å². The summed E-state index contributed by atoms with van der Waals surface area (Å²) < 4.78 is 9.15. The average Bonchev–Trinajstić information content (AvgIpc) is 3.07. The summed E-state index contributed by atoms with van der Waals surface area (Å²) in [6.07, 6.45) is 1.67. The van der Waals surface area contributed by atoms with E-state index >= 15 is 0 Å². The Hall–Kier alpha value is -3.13. The highest BCUT2D eigenvalue weighted by Gasteiger charge is 2.11. The lowest BCUT2D eigenvalue weighted by Crippen LogP contribution is -2.24. The summed E-state index contributed by atoms with van der Waals surface area (Å²) in [5, 5.41) is 6.19. The van der Waals surface area contributed by atoms with Crippen molar-refractivity contribution in [3.8, 4) is 11.4 Å². The number of fused-ring (bicyclic) bond motifs is 1. The Bertz CT molecular complexity index is 1320. The van der Waals surface area contributed by atoms with E-state index in [-0.39, 0.29) is 12.5 Å². The number of carbonyl (C=O) groups is 1. The van der Waals surface area contributed by atoms with Crippen molar-refractivity contribution in [2.75, 3.05) is 6.61 Å². The average molecular weight is 537 g/mol. The first-order valence-electron chi connectivity index (χ1n) is 10.3. The number of carbonyl (C=O) groups excluding carboxylic acids is 1. The maximum absolute atomic E-state index is 12.2. The summed E-state index contributed by atoms with van der Waals surface area (Å²) >= 11 is 2.34. The monoisotopic (exact) mass is 537 g/mol. The Morgan fingerprint density at radius 3 is 2.66 bits per heavy atom. The second-order valence-electron chi connectivity index (χ2n) is 7.65. The van der Waals surface area contributed by atoms with E-state index in [1.165, 1.54) is 9.13 Å². The maximum Gasteiger partial charge on any atom is 0.277 e. The number of rotatable bonds is 6. The van der Waals surface area contributed by atoms with Crippen LogP contribution in [0.25, 0.3) is 16.5 Å². The van der Waals surface area contributed by atoms with Crippen LogP contribution in [0.3, 0.4) is 0 Å². The highest BCUT2D eigenvalue weighted by Crippen LogP contribution is 2.25. The number of nitrogens with one attached hydrogen (secondary N) is 1. The van der Waals surface area contributed by atoms with Crippen LogP contribution in [0.1, 0.15) is 22.5 Å². The standard InChI is InChI=1S/C26H24IN3O2/c1-17-13-22(11-12-24(17)27)30-18(2)14-21(19(30)3)15-28-29-26(31)16-32-25-10-6-8-20-7-4-5-9-23(20)25/h4-15H,16H2,1-3H3,(H,29,31)/b28-15-. The molecule has 1 amide bonds. The lowest BCUT2D eigenvalue weighted by atomic mass is 10.1. The topological polar surface area (TPSA) is 55.6 Å². The van der Waals surface area contributed by atoms with Gasteiger partial charge in [0.05, 0.1) is 6.21 Å². The zero-order valence-corrected chi connectivity index (χ0v) is 20.4. The van der Waals surface area contributed by atoms with Gasteiger partial charge >= 0.3 is 0 Å². The van der Waals surface area contributed by atoms with Crippen molar-refractivity contribution in [1.29, 1.82) is 0 Å². The van der Waals surface area contributed by atoms with Crippen LogP contribution in [0, 0.1) is 24.3 Å². The summed E-state index contributed by atoms with van der Waals surface area (Å²) in [4.78, 5) is 12.2. The van der Waals surface area contributed by atoms with E-state index in [0.29, 0.717) is 5.75 Å². The number of nitrogens with zero attached hydrogens (tertiary/aromatic N) is 2. The molecule has 0 saturated carbocycles. The van der Waals surface area contributed by atoms with Crippen molar-refractivity contribution in [2.45, 2.75) is 20.8 Å². The summed E-state index contributed by atoms with van der Waals surface area (Å²) in [5.74, 6) is 0.370. The van der Waals surface area contributed by atoms with E-state index in [1.54, 1.807) is 6.21 Å². The van der Waals surface area contributed by atoms with Crippen LogP contribution in [-0.2, 0) is 4.79 Å². The predicted octanol–water partition coefficient (Wildman–Crippen LogP) is 5.69. The molecule has 0 aliphatic carbocycles. The van der Waals surface area contributed by atoms with Gasteiger partial charge in [0, 0.05) is 31.6 Å². The number of hydrogen-bond acceptors (Lipinski definition) is 3. The van der Waals surface area contributed by atoms with Crippen LogP contribution in [-0.4, -0.2) is 23.3 Å². The van der Waals surface area contributed by atoms with E-state index in [4.69, 9.17) is 4.74 Å². The minimum absolute atomic E-state index is 0.105. The first-order chi connectivity index (χ1) is 15.4. The summed E-state index contributed by atoms with van der Waals surface area (Å²) in [6, 6.07) is 22.2. The number of aromatic nitrogens is 1. The number of hydrogen-bond donors (Lipinski definition) is 1. The van der Waals surface area contributed by atoms with E-state index in [9.17, 15) is 4.79 Å². The molecule has 0 unspecified atom stereocenters. The van der Waals surface area contributed by atoms with Crippen LogP contribution in [0.2, 0.25) is 0 Å². The molecule has 32 heavy (non-hydrogen) atoms. The number of aryl methyl sites for hydroxylation is 2. The van der Waals surface area contributed by atoms with Gasteiger partial charge in [0.1, 0.15) is 5.75 Å². The summed E-state index contributed by atoms with van der Waals surface area (Å²) in [6.45, 7) is 6.12. The van der Waals surface area contributed by atoms with Gasteiger partial charge in [-0.2, -0.15) is 5.10 Å². The SMILES string of the molecule is Cc1cc(-n2c(C)cc(/C=N\NC(=O)COc3cccc4ccccc34)c2C)ccc1I. The molecule has 0 radical (unpaired) electrons. The van der Waals surface area contributed by atoms with Crippen molar-refractivity contribution in [3.63, 3.8) is 0 Å². The van der Waals surface area contributed by atoms with Gasteiger partial charge in [0.15, 0.2) is 6.61 Å². The molecule has 3 aromatic carbocycles. The molecule has 1 N–H and O–H groups in total. The molecule has 162 valence electrons. The van der Waals surface area contributed by atoms with E-state index < -0.39 is 0 Å². The fourth-order valence-corrected chi connectivity index (χ4v) is 4.09. The van der Waals surface area contributed by atoms with Gasteiger partial charge in [-0.05, 0) is 84.6 Å². The molecule has 4 aromatic rings. The molecule has 0 aliphatic rings. The Kier molecular flexibility index (Phi) is 6.60. The van der Waals surface area contributed by atoms with Crippen molar-refractivity contribution in [1.82, 2.24) is 9.99 Å². The molecule has 0 fully saturated rings. The molecule has 0 aliphatic heterocycles. The van der Waals surface area contributed by atoms with Crippen LogP contribution in [0.15, 0.2) is 71.8 Å². The van der Waals surface area contributed by atoms with Crippen molar-refractivity contribution in [3.05, 3.63) is 92.8 Å². The summed E-state index contributed by atoms with van der Waals surface area (Å²) in [7, 11) is 0. The molecular formula is C26H24IN3O2. The van der Waals surface area contributed by atoms with Crippen LogP contribution >= 0.6 is 22.6 Å². The lowest BCUT2D eigenvalue weighted by Gasteiger charge is -2.11. The van der Waals surface area contributed by atoms with E-state index in [0.717, 1.165) is 33.4 Å². The van der Waals surface area contributed by atoms with Crippen molar-refractivity contribution >= 4 is 45.5 Å². The Balaban J connectivity index is 1.41. The summed E-state index contributed by atoms with van der Waals surface area (Å²) in [5.41, 5.74) is 8.04. The number of halogens is 1.